The highest BCUT2D eigenvalue weighted by molar-refractivity contribution is 6.31. The van der Waals surface area contributed by atoms with Crippen LogP contribution in [0.2, 0.25) is 5.02 Å². The number of fused-ring (bicyclic) bond motifs is 4. The summed E-state index contributed by atoms with van der Waals surface area (Å²) in [5.41, 5.74) is 2.89. The summed E-state index contributed by atoms with van der Waals surface area (Å²) >= 11 is 5.92. The van der Waals surface area contributed by atoms with Crippen LogP contribution in [0.5, 0.6) is 0 Å². The molecule has 0 radical (unpaired) electrons. The molecular weight excluding hydrogens is 674 g/mol. The number of carbonyl (C=O) groups is 2. The topological polar surface area (TPSA) is 153 Å². The van der Waals surface area contributed by atoms with Crippen LogP contribution in [0.15, 0.2) is 54.7 Å². The maximum atomic E-state index is 14.8. The zero-order valence-corrected chi connectivity index (χ0v) is 28.2. The van der Waals surface area contributed by atoms with Crippen molar-refractivity contribution in [2.24, 2.45) is 5.92 Å². The number of benzene rings is 2. The standard InChI is InChI=1S/C36H39ClF2N4O7/c1-18-4-3-5-27(43-13-11-20(15-29(43)45)30-24(38)9-8-23(37)31(30)39)26-14-19(10-12-40-26)22-7-6-21(16-25(22)42-35(18)48)41-36-33(47)34(49-2)32(46)28(17-44)50-36/h6-10,12,14-16,18,27-28,32-34,36,41,44,46-47H,3-5,11,13,17H2,1-2H3,(H,42,48). The van der Waals surface area contributed by atoms with Gasteiger partial charge in [0.2, 0.25) is 11.8 Å². The van der Waals surface area contributed by atoms with Crippen molar-refractivity contribution >= 4 is 40.4 Å². The van der Waals surface area contributed by atoms with Crippen molar-refractivity contribution in [2.45, 2.75) is 69.3 Å². The Balaban J connectivity index is 1.32. The van der Waals surface area contributed by atoms with Gasteiger partial charge in [-0.15, -0.1) is 0 Å². The molecule has 3 aliphatic heterocycles. The lowest BCUT2D eigenvalue weighted by Gasteiger charge is -2.42. The van der Waals surface area contributed by atoms with E-state index in [2.05, 4.69) is 15.6 Å². The fourth-order valence-corrected chi connectivity index (χ4v) is 7.04. The number of ether oxygens (including phenoxy) is 2. The number of hydrogen-bond acceptors (Lipinski definition) is 9. The predicted octanol–water partition coefficient (Wildman–Crippen LogP) is 4.66. The Morgan fingerprint density at radius 1 is 1.12 bits per heavy atom. The van der Waals surface area contributed by atoms with Crippen molar-refractivity contribution in [1.82, 2.24) is 9.88 Å². The van der Waals surface area contributed by atoms with Crippen molar-refractivity contribution in [1.29, 1.82) is 0 Å². The van der Waals surface area contributed by atoms with Crippen LogP contribution >= 0.6 is 11.6 Å². The van der Waals surface area contributed by atoms with Gasteiger partial charge in [0.1, 0.15) is 30.2 Å². The fraction of sp³-hybridized carbons (Fsp3) is 0.417. The summed E-state index contributed by atoms with van der Waals surface area (Å²) in [6.07, 6.45) is -0.870. The van der Waals surface area contributed by atoms with Gasteiger partial charge < -0.3 is 40.3 Å². The monoisotopic (exact) mass is 712 g/mol. The lowest BCUT2D eigenvalue weighted by molar-refractivity contribution is -0.228. The van der Waals surface area contributed by atoms with Crippen molar-refractivity contribution < 1.29 is 43.2 Å². The van der Waals surface area contributed by atoms with E-state index in [4.69, 9.17) is 21.1 Å². The number of nitrogens with one attached hydrogen (secondary N) is 2. The number of halogens is 3. The van der Waals surface area contributed by atoms with E-state index < -0.39 is 60.8 Å². The normalized spacial score (nSPS) is 27.4. The Kier molecular flexibility index (Phi) is 10.8. The lowest BCUT2D eigenvalue weighted by Crippen LogP contribution is -2.61. The molecule has 5 N–H and O–H groups in total. The van der Waals surface area contributed by atoms with Gasteiger partial charge in [0.25, 0.3) is 0 Å². The Morgan fingerprint density at radius 3 is 2.66 bits per heavy atom. The largest absolute Gasteiger partial charge is 0.394 e. The molecule has 6 rings (SSSR count). The molecule has 3 aromatic rings. The molecule has 50 heavy (non-hydrogen) atoms. The first-order chi connectivity index (χ1) is 24.0. The molecule has 2 aromatic carbocycles. The molecule has 0 spiro atoms. The van der Waals surface area contributed by atoms with Crippen molar-refractivity contribution in [3.63, 3.8) is 0 Å². The Morgan fingerprint density at radius 2 is 1.92 bits per heavy atom. The number of pyridine rings is 1. The van der Waals surface area contributed by atoms with Crippen LogP contribution in [0.3, 0.4) is 0 Å². The smallest absolute Gasteiger partial charge is 0.247 e. The molecular formula is C36H39ClF2N4O7. The molecule has 3 aliphatic rings. The van der Waals surface area contributed by atoms with E-state index in [1.54, 1.807) is 35.4 Å². The summed E-state index contributed by atoms with van der Waals surface area (Å²) in [7, 11) is 1.35. The van der Waals surface area contributed by atoms with Gasteiger partial charge in [-0.2, -0.15) is 0 Å². The van der Waals surface area contributed by atoms with Crippen LogP contribution in [0.1, 0.15) is 49.9 Å². The number of amides is 2. The van der Waals surface area contributed by atoms with Crippen molar-refractivity contribution in [2.75, 3.05) is 30.9 Å². The van der Waals surface area contributed by atoms with Gasteiger partial charge in [-0.25, -0.2) is 8.78 Å². The second-order valence-electron chi connectivity index (χ2n) is 12.8. The van der Waals surface area contributed by atoms with Gasteiger partial charge in [0, 0.05) is 43.1 Å². The first-order valence-electron chi connectivity index (χ1n) is 16.5. The quantitative estimate of drug-likeness (QED) is 0.230. The second-order valence-corrected chi connectivity index (χ2v) is 13.2. The molecule has 11 nitrogen and oxygen atoms in total. The molecule has 1 saturated heterocycles. The van der Waals surface area contributed by atoms with Crippen LogP contribution in [0.4, 0.5) is 20.2 Å². The van der Waals surface area contributed by atoms with E-state index in [9.17, 15) is 33.7 Å². The van der Waals surface area contributed by atoms with Crippen molar-refractivity contribution in [3.05, 3.63) is 82.7 Å². The molecule has 0 aliphatic carbocycles. The Hall–Kier alpha value is -3.98. The summed E-state index contributed by atoms with van der Waals surface area (Å²) in [6, 6.07) is 10.6. The number of nitrogens with zero attached hydrogens (tertiary/aromatic N) is 2. The van der Waals surface area contributed by atoms with Gasteiger partial charge in [0.05, 0.1) is 34.6 Å². The van der Waals surface area contributed by atoms with E-state index in [1.807, 2.05) is 13.0 Å². The van der Waals surface area contributed by atoms with Gasteiger partial charge in [0.15, 0.2) is 12.0 Å². The van der Waals surface area contributed by atoms with E-state index in [-0.39, 0.29) is 40.9 Å². The second kappa shape index (κ2) is 15.1. The third-order valence-electron chi connectivity index (χ3n) is 9.66. The number of aliphatic hydroxyl groups excluding tert-OH is 3. The number of rotatable bonds is 6. The van der Waals surface area contributed by atoms with E-state index >= 15 is 0 Å². The average Bonchev–Trinajstić information content (AvgIpc) is 3.10. The van der Waals surface area contributed by atoms with E-state index in [1.165, 1.54) is 13.2 Å². The van der Waals surface area contributed by atoms with Gasteiger partial charge in [-0.3, -0.25) is 14.6 Å². The highest BCUT2D eigenvalue weighted by Gasteiger charge is 2.44. The third-order valence-corrected chi connectivity index (χ3v) is 9.96. The van der Waals surface area contributed by atoms with Crippen LogP contribution in [0.25, 0.3) is 16.7 Å². The molecule has 14 heteroatoms. The summed E-state index contributed by atoms with van der Waals surface area (Å²) in [4.78, 5) is 33.3. The summed E-state index contributed by atoms with van der Waals surface area (Å²) in [5, 5.41) is 36.9. The zero-order valence-electron chi connectivity index (χ0n) is 27.5. The molecule has 1 fully saturated rings. The highest BCUT2D eigenvalue weighted by atomic mass is 35.5. The van der Waals surface area contributed by atoms with Crippen LogP contribution in [-0.4, -0.2) is 87.9 Å². The van der Waals surface area contributed by atoms with Gasteiger partial charge in [-0.1, -0.05) is 31.0 Å². The summed E-state index contributed by atoms with van der Waals surface area (Å²) < 4.78 is 40.5. The van der Waals surface area contributed by atoms with E-state index in [0.717, 1.165) is 17.7 Å². The number of aromatic nitrogens is 1. The lowest BCUT2D eigenvalue weighted by atomic mass is 9.92. The first kappa shape index (κ1) is 35.8. The van der Waals surface area contributed by atoms with E-state index in [0.29, 0.717) is 41.9 Å². The predicted molar refractivity (Wildman–Crippen MR) is 182 cm³/mol. The van der Waals surface area contributed by atoms with Crippen molar-refractivity contribution in [3.8, 4) is 11.1 Å². The van der Waals surface area contributed by atoms with Crippen LogP contribution in [0, 0.1) is 17.6 Å². The number of hydrogen-bond donors (Lipinski definition) is 5. The zero-order chi connectivity index (χ0) is 35.7. The van der Waals surface area contributed by atoms with Gasteiger partial charge >= 0.3 is 0 Å². The minimum absolute atomic E-state index is 0.196. The molecule has 266 valence electrons. The molecule has 7 unspecified atom stereocenters. The first-order valence-corrected chi connectivity index (χ1v) is 16.9. The number of methoxy groups -OCH3 is 1. The van der Waals surface area contributed by atoms with Crippen LogP contribution in [-0.2, 0) is 19.1 Å². The molecule has 4 heterocycles. The third kappa shape index (κ3) is 7.11. The molecule has 0 saturated carbocycles. The number of aliphatic hydroxyl groups is 3. The highest BCUT2D eigenvalue weighted by Crippen LogP contribution is 2.38. The SMILES string of the molecule is COC1C(O)C(CO)OC(Nc2ccc3c(c2)NC(=O)C(C)CCCC(N2CCC(c4c(F)ccc(Cl)c4F)=CC2=O)c2cc-3ccn2)C1O. The maximum absolute atomic E-state index is 14.8. The number of anilines is 2. The number of carbonyl (C=O) groups excluding carboxylic acids is 2. The molecule has 1 aromatic heterocycles. The fourth-order valence-electron chi connectivity index (χ4n) is 6.89. The maximum Gasteiger partial charge on any atom is 0.247 e. The summed E-state index contributed by atoms with van der Waals surface area (Å²) in [6.45, 7) is 1.53. The minimum Gasteiger partial charge on any atom is -0.394 e. The average molecular weight is 713 g/mol. The molecule has 2 bridgehead atoms. The van der Waals surface area contributed by atoms with Crippen LogP contribution < -0.4 is 10.6 Å². The Bertz CT molecular complexity index is 1800. The minimum atomic E-state index is -1.28. The Labute approximate surface area is 292 Å². The van der Waals surface area contributed by atoms with Gasteiger partial charge in [-0.05, 0) is 66.8 Å². The summed E-state index contributed by atoms with van der Waals surface area (Å²) in [5.74, 6) is -2.70. The molecule has 7 atom stereocenters. The molecule has 2 amide bonds.